The number of aromatic hydroxyl groups is 2. The molecule has 0 aliphatic rings. The molecule has 0 unspecified atom stereocenters. The quantitative estimate of drug-likeness (QED) is 0.720. The van der Waals surface area contributed by atoms with Crippen molar-refractivity contribution in [1.29, 1.82) is 0 Å². The lowest BCUT2D eigenvalue weighted by Crippen LogP contribution is -2.26. The number of hydrogen-bond acceptors (Lipinski definition) is 2. The Kier molecular flexibility index (Phi) is 3.60. The summed E-state index contributed by atoms with van der Waals surface area (Å²) in [5, 5.41) is 24.8. The molecule has 0 amide bonds. The molecule has 2 heteroatoms. The maximum absolute atomic E-state index is 10.4. The molecule has 3 aromatic carbocycles. The second kappa shape index (κ2) is 5.57. The van der Waals surface area contributed by atoms with E-state index in [-0.39, 0.29) is 11.5 Å². The number of phenols is 2. The van der Waals surface area contributed by atoms with Crippen LogP contribution in [0.15, 0.2) is 48.5 Å². The van der Waals surface area contributed by atoms with Crippen LogP contribution in [0.4, 0.5) is 0 Å². The van der Waals surface area contributed by atoms with Gasteiger partial charge in [0.25, 0.3) is 0 Å². The number of rotatable bonds is 1. The lowest BCUT2D eigenvalue weighted by molar-refractivity contribution is 0.469. The van der Waals surface area contributed by atoms with E-state index in [2.05, 4.69) is 0 Å². The van der Waals surface area contributed by atoms with Crippen LogP contribution in [0.2, 0.25) is 0 Å². The maximum Gasteiger partial charge on any atom is 0.124 e. The summed E-state index contributed by atoms with van der Waals surface area (Å²) in [5.74, 6) is 0.343. The van der Waals surface area contributed by atoms with Gasteiger partial charge < -0.3 is 10.2 Å². The predicted octanol–water partition coefficient (Wildman–Crippen LogP) is 3.52. The van der Waals surface area contributed by atoms with Crippen LogP contribution < -0.4 is 10.4 Å². The van der Waals surface area contributed by atoms with Crippen molar-refractivity contribution in [2.45, 2.75) is 13.8 Å². The molecule has 110 valence electrons. The van der Waals surface area contributed by atoms with Gasteiger partial charge in [-0.25, -0.2) is 0 Å². The number of phenolic OH excluding ortho intramolecular Hbond substituents is 2. The topological polar surface area (TPSA) is 40.5 Å². The van der Waals surface area contributed by atoms with Crippen LogP contribution in [-0.4, -0.2) is 10.2 Å². The Morgan fingerprint density at radius 3 is 2.14 bits per heavy atom. The smallest absolute Gasteiger partial charge is 0.124 e. The van der Waals surface area contributed by atoms with E-state index in [0.29, 0.717) is 11.1 Å². The SMILES string of the molecule is C/C=c1/ccc(O)c(-c2c(O)ccc3ccccc23)/c1=C/C. The Morgan fingerprint density at radius 1 is 0.727 bits per heavy atom. The zero-order valence-corrected chi connectivity index (χ0v) is 12.7. The highest BCUT2D eigenvalue weighted by atomic mass is 16.3. The monoisotopic (exact) mass is 290 g/mol. The lowest BCUT2D eigenvalue weighted by atomic mass is 9.94. The molecule has 3 rings (SSSR count). The predicted molar refractivity (Wildman–Crippen MR) is 92.2 cm³/mol. The molecule has 0 atom stereocenters. The maximum atomic E-state index is 10.4. The molecule has 22 heavy (non-hydrogen) atoms. The molecule has 0 saturated heterocycles. The van der Waals surface area contributed by atoms with Crippen molar-refractivity contribution in [2.24, 2.45) is 0 Å². The third kappa shape index (κ3) is 2.13. The number of hydrogen-bond donors (Lipinski definition) is 2. The summed E-state index contributed by atoms with van der Waals surface area (Å²) in [6.07, 6.45) is 3.96. The standard InChI is InChI=1S/C20H18O2/c1-3-13-9-11-17(21)19(15(13)4-2)20-16-8-6-5-7-14(16)10-12-18(20)22/h3-12,21-22H,1-2H3/b13-3-,15-4+. The van der Waals surface area contributed by atoms with Gasteiger partial charge in [-0.15, -0.1) is 0 Å². The highest BCUT2D eigenvalue weighted by molar-refractivity contribution is 6.01. The normalized spacial score (nSPS) is 13.0. The number of benzene rings is 3. The summed E-state index contributed by atoms with van der Waals surface area (Å²) in [7, 11) is 0. The van der Waals surface area contributed by atoms with E-state index in [0.717, 1.165) is 21.2 Å². The zero-order chi connectivity index (χ0) is 15.7. The molecule has 0 aromatic heterocycles. The van der Waals surface area contributed by atoms with E-state index in [1.54, 1.807) is 12.1 Å². The molecule has 0 saturated carbocycles. The average Bonchev–Trinajstić information content (AvgIpc) is 2.55. The molecule has 0 bridgehead atoms. The van der Waals surface area contributed by atoms with Crippen molar-refractivity contribution < 1.29 is 10.2 Å². The van der Waals surface area contributed by atoms with E-state index in [4.69, 9.17) is 0 Å². The minimum atomic E-state index is 0.172. The van der Waals surface area contributed by atoms with E-state index < -0.39 is 0 Å². The van der Waals surface area contributed by atoms with Crippen LogP contribution in [0.3, 0.4) is 0 Å². The van der Waals surface area contributed by atoms with Gasteiger partial charge in [-0.05, 0) is 47.2 Å². The van der Waals surface area contributed by atoms with Gasteiger partial charge in [0.2, 0.25) is 0 Å². The van der Waals surface area contributed by atoms with Crippen LogP contribution >= 0.6 is 0 Å². The highest BCUT2D eigenvalue weighted by Gasteiger charge is 2.14. The van der Waals surface area contributed by atoms with Gasteiger partial charge in [-0.2, -0.15) is 0 Å². The minimum Gasteiger partial charge on any atom is -0.507 e. The van der Waals surface area contributed by atoms with Gasteiger partial charge in [0.15, 0.2) is 0 Å². The molecule has 0 aliphatic carbocycles. The van der Waals surface area contributed by atoms with Crippen molar-refractivity contribution in [3.8, 4) is 22.6 Å². The second-order valence-electron chi connectivity index (χ2n) is 5.22. The van der Waals surface area contributed by atoms with E-state index >= 15 is 0 Å². The Morgan fingerprint density at radius 2 is 1.41 bits per heavy atom. The van der Waals surface area contributed by atoms with Gasteiger partial charge in [-0.3, -0.25) is 0 Å². The highest BCUT2D eigenvalue weighted by Crippen LogP contribution is 2.38. The van der Waals surface area contributed by atoms with Crippen molar-refractivity contribution in [2.75, 3.05) is 0 Å². The fourth-order valence-corrected chi connectivity index (χ4v) is 2.97. The third-order valence-electron chi connectivity index (χ3n) is 4.01. The molecule has 2 nitrogen and oxygen atoms in total. The summed E-state index contributed by atoms with van der Waals surface area (Å²) >= 11 is 0. The Balaban J connectivity index is 2.56. The van der Waals surface area contributed by atoms with Gasteiger partial charge >= 0.3 is 0 Å². The van der Waals surface area contributed by atoms with Crippen molar-refractivity contribution in [3.63, 3.8) is 0 Å². The Hall–Kier alpha value is -2.74. The molecule has 3 aromatic rings. The zero-order valence-electron chi connectivity index (χ0n) is 12.7. The minimum absolute atomic E-state index is 0.172. The van der Waals surface area contributed by atoms with E-state index in [9.17, 15) is 10.2 Å². The average molecular weight is 290 g/mol. The summed E-state index contributed by atoms with van der Waals surface area (Å²) in [6, 6.07) is 15.0. The molecule has 0 aliphatic heterocycles. The Labute approximate surface area is 129 Å². The second-order valence-corrected chi connectivity index (χ2v) is 5.22. The van der Waals surface area contributed by atoms with Crippen LogP contribution in [-0.2, 0) is 0 Å². The first-order chi connectivity index (χ1) is 10.7. The van der Waals surface area contributed by atoms with Gasteiger partial charge in [0.1, 0.15) is 11.5 Å². The van der Waals surface area contributed by atoms with Crippen molar-refractivity contribution in [1.82, 2.24) is 0 Å². The van der Waals surface area contributed by atoms with Gasteiger partial charge in [0.05, 0.1) is 0 Å². The molecule has 0 radical (unpaired) electrons. The molecular weight excluding hydrogens is 272 g/mol. The van der Waals surface area contributed by atoms with Crippen LogP contribution in [0.1, 0.15) is 13.8 Å². The molecule has 0 fully saturated rings. The van der Waals surface area contributed by atoms with Crippen molar-refractivity contribution >= 4 is 22.9 Å². The lowest BCUT2D eigenvalue weighted by Gasteiger charge is -2.12. The molecular formula is C20H18O2. The third-order valence-corrected chi connectivity index (χ3v) is 4.01. The first kappa shape index (κ1) is 14.2. The van der Waals surface area contributed by atoms with Crippen molar-refractivity contribution in [3.05, 3.63) is 59.0 Å². The van der Waals surface area contributed by atoms with Crippen LogP contribution in [0.5, 0.6) is 11.5 Å². The summed E-state index contributed by atoms with van der Waals surface area (Å²) < 4.78 is 0. The summed E-state index contributed by atoms with van der Waals surface area (Å²) in [6.45, 7) is 3.90. The largest absolute Gasteiger partial charge is 0.507 e. The van der Waals surface area contributed by atoms with Gasteiger partial charge in [-0.1, -0.05) is 48.6 Å². The Bertz CT molecular complexity index is 969. The summed E-state index contributed by atoms with van der Waals surface area (Å²) in [5.41, 5.74) is 1.35. The number of fused-ring (bicyclic) bond motifs is 1. The van der Waals surface area contributed by atoms with Gasteiger partial charge in [0, 0.05) is 11.1 Å². The molecule has 0 spiro atoms. The molecule has 2 N–H and O–H groups in total. The first-order valence-corrected chi connectivity index (χ1v) is 7.33. The van der Waals surface area contributed by atoms with Crippen LogP contribution in [0.25, 0.3) is 34.1 Å². The van der Waals surface area contributed by atoms with E-state index in [1.807, 2.05) is 62.4 Å². The van der Waals surface area contributed by atoms with E-state index in [1.165, 1.54) is 0 Å². The molecule has 0 heterocycles. The summed E-state index contributed by atoms with van der Waals surface area (Å²) in [4.78, 5) is 0. The fraction of sp³-hybridized carbons (Fsp3) is 0.100. The van der Waals surface area contributed by atoms with Crippen LogP contribution in [0, 0.1) is 0 Å². The first-order valence-electron chi connectivity index (χ1n) is 7.33. The fourth-order valence-electron chi connectivity index (χ4n) is 2.97.